The van der Waals surface area contributed by atoms with Crippen LogP contribution in [0.25, 0.3) is 0 Å². The molecule has 1 N–H and O–H groups in total. The molecule has 0 aromatic heterocycles. The first-order valence-electron chi connectivity index (χ1n) is 22.1. The third kappa shape index (κ3) is 36.5. The molecule has 5 nitrogen and oxygen atoms in total. The lowest BCUT2D eigenvalue weighted by molar-refractivity contribution is -0.144. The molecule has 0 atom stereocenters. The summed E-state index contributed by atoms with van der Waals surface area (Å²) in [6.45, 7) is 12.3. The molecule has 0 aliphatic carbocycles. The predicted octanol–water partition coefficient (Wildman–Crippen LogP) is 13.5. The lowest BCUT2D eigenvalue weighted by atomic mass is 9.91. The Labute approximate surface area is 307 Å². The van der Waals surface area contributed by atoms with Crippen LogP contribution in [0.15, 0.2) is 0 Å². The van der Waals surface area contributed by atoms with Crippen molar-refractivity contribution in [3.63, 3.8) is 0 Å². The van der Waals surface area contributed by atoms with E-state index >= 15 is 0 Å². The summed E-state index contributed by atoms with van der Waals surface area (Å²) in [4.78, 5) is 24.4. The average molecular weight is 694 g/mol. The predicted molar refractivity (Wildman–Crippen MR) is 212 cm³/mol. The Morgan fingerprint density at radius 3 is 1.02 bits per heavy atom. The topological polar surface area (TPSA) is 64.6 Å². The zero-order valence-corrected chi connectivity index (χ0v) is 33.7. The van der Waals surface area contributed by atoms with Gasteiger partial charge < -0.3 is 14.8 Å². The molecule has 0 aromatic carbocycles. The van der Waals surface area contributed by atoms with Crippen molar-refractivity contribution in [3.8, 4) is 0 Å². The van der Waals surface area contributed by atoms with E-state index in [4.69, 9.17) is 9.47 Å². The summed E-state index contributed by atoms with van der Waals surface area (Å²) < 4.78 is 11.1. The molecule has 0 heterocycles. The number of unbranched alkanes of at least 4 members (excludes halogenated alkanes) is 16. The first-order chi connectivity index (χ1) is 24.1. The highest BCUT2D eigenvalue weighted by Crippen LogP contribution is 2.24. The molecule has 0 amide bonds. The van der Waals surface area contributed by atoms with Crippen molar-refractivity contribution >= 4 is 11.9 Å². The molecule has 0 aliphatic rings. The molecule has 0 aliphatic heterocycles. The number of hydrogen-bond donors (Lipinski definition) is 1. The van der Waals surface area contributed by atoms with Crippen LogP contribution in [0.3, 0.4) is 0 Å². The molecule has 0 aromatic rings. The molecule has 0 rings (SSSR count). The molecular weight excluding hydrogens is 606 g/mol. The van der Waals surface area contributed by atoms with Gasteiger partial charge in [-0.1, -0.05) is 169 Å². The minimum atomic E-state index is -0.0197. The largest absolute Gasteiger partial charge is 0.466 e. The van der Waals surface area contributed by atoms with Crippen molar-refractivity contribution in [2.24, 2.45) is 11.8 Å². The number of ether oxygens (including phenoxy) is 2. The van der Waals surface area contributed by atoms with E-state index in [1.165, 1.54) is 141 Å². The van der Waals surface area contributed by atoms with Gasteiger partial charge in [0.25, 0.3) is 0 Å². The quantitative estimate of drug-likeness (QED) is 0.0511. The van der Waals surface area contributed by atoms with E-state index in [1.807, 2.05) is 0 Å². The first-order valence-corrected chi connectivity index (χ1v) is 22.1. The molecule has 0 bridgehead atoms. The Morgan fingerprint density at radius 1 is 0.388 bits per heavy atom. The molecule has 0 saturated carbocycles. The van der Waals surface area contributed by atoms with Crippen molar-refractivity contribution < 1.29 is 19.1 Å². The highest BCUT2D eigenvalue weighted by atomic mass is 16.5. The summed E-state index contributed by atoms with van der Waals surface area (Å²) >= 11 is 0. The maximum atomic E-state index is 12.2. The second kappa shape index (κ2) is 39.7. The van der Waals surface area contributed by atoms with Crippen LogP contribution >= 0.6 is 0 Å². The molecule has 0 fully saturated rings. The summed E-state index contributed by atoms with van der Waals surface area (Å²) in [5, 5.41) is 3.52. The van der Waals surface area contributed by atoms with E-state index in [9.17, 15) is 9.59 Å². The molecule has 292 valence electrons. The van der Waals surface area contributed by atoms with Gasteiger partial charge in [0.05, 0.1) is 13.2 Å². The molecule has 0 saturated heterocycles. The van der Waals surface area contributed by atoms with Crippen molar-refractivity contribution in [1.29, 1.82) is 0 Å². The van der Waals surface area contributed by atoms with E-state index in [0.29, 0.717) is 26.1 Å². The molecule has 0 radical (unpaired) electrons. The molecule has 0 unspecified atom stereocenters. The number of nitrogens with one attached hydrogen (secondary N) is 1. The third-order valence-electron chi connectivity index (χ3n) is 10.4. The lowest BCUT2D eigenvalue weighted by Crippen LogP contribution is -2.17. The smallest absolute Gasteiger partial charge is 0.305 e. The Hall–Kier alpha value is -1.10. The minimum absolute atomic E-state index is 0.0197. The van der Waals surface area contributed by atoms with Gasteiger partial charge in [0.1, 0.15) is 0 Å². The van der Waals surface area contributed by atoms with Crippen LogP contribution < -0.4 is 5.32 Å². The summed E-state index contributed by atoms with van der Waals surface area (Å²) in [5.41, 5.74) is 0. The average Bonchev–Trinajstić information content (AvgIpc) is 3.10. The van der Waals surface area contributed by atoms with Gasteiger partial charge in [0, 0.05) is 12.8 Å². The lowest BCUT2D eigenvalue weighted by Gasteiger charge is -2.17. The fourth-order valence-electron chi connectivity index (χ4n) is 7.08. The van der Waals surface area contributed by atoms with Gasteiger partial charge in [-0.2, -0.15) is 0 Å². The number of hydrogen-bond acceptors (Lipinski definition) is 5. The monoisotopic (exact) mass is 694 g/mol. The highest BCUT2D eigenvalue weighted by molar-refractivity contribution is 5.69. The van der Waals surface area contributed by atoms with Crippen LogP contribution in [0.2, 0.25) is 0 Å². The van der Waals surface area contributed by atoms with Crippen LogP contribution in [0.1, 0.15) is 233 Å². The van der Waals surface area contributed by atoms with Crippen molar-refractivity contribution in [1.82, 2.24) is 5.32 Å². The van der Waals surface area contributed by atoms with Gasteiger partial charge >= 0.3 is 11.9 Å². The summed E-state index contributed by atoms with van der Waals surface area (Å²) in [6.07, 6.45) is 38.6. The van der Waals surface area contributed by atoms with E-state index in [0.717, 1.165) is 76.3 Å². The second-order valence-corrected chi connectivity index (χ2v) is 15.2. The molecular formula is C44H87NO4. The fraction of sp³-hybridized carbons (Fsp3) is 0.955. The first kappa shape index (κ1) is 47.9. The number of rotatable bonds is 40. The maximum Gasteiger partial charge on any atom is 0.305 e. The maximum absolute atomic E-state index is 12.2. The van der Waals surface area contributed by atoms with E-state index in [2.05, 4.69) is 33.0 Å². The van der Waals surface area contributed by atoms with Gasteiger partial charge in [-0.05, 0) is 76.3 Å². The van der Waals surface area contributed by atoms with Crippen LogP contribution in [0.5, 0.6) is 0 Å². The Kier molecular flexibility index (Phi) is 38.8. The van der Waals surface area contributed by atoms with Gasteiger partial charge in [-0.15, -0.1) is 0 Å². The van der Waals surface area contributed by atoms with E-state index in [1.54, 1.807) is 0 Å². The van der Waals surface area contributed by atoms with Crippen molar-refractivity contribution in [2.75, 3.05) is 26.3 Å². The Balaban J connectivity index is 3.72. The fourth-order valence-corrected chi connectivity index (χ4v) is 7.08. The van der Waals surface area contributed by atoms with Crippen molar-refractivity contribution in [2.45, 2.75) is 233 Å². The third-order valence-corrected chi connectivity index (χ3v) is 10.4. The zero-order valence-electron chi connectivity index (χ0n) is 33.7. The zero-order chi connectivity index (χ0) is 35.9. The van der Waals surface area contributed by atoms with Gasteiger partial charge in [0.15, 0.2) is 0 Å². The van der Waals surface area contributed by atoms with Crippen molar-refractivity contribution in [3.05, 3.63) is 0 Å². The SMILES string of the molecule is CCCCCCC(CCCCCC)CCCOC(=O)CCCCCNCCCCCC(=O)OCCCC(CCCCCC)CCCCCC. The summed E-state index contributed by atoms with van der Waals surface area (Å²) in [7, 11) is 0. The highest BCUT2D eigenvalue weighted by Gasteiger charge is 2.11. The van der Waals surface area contributed by atoms with Crippen LogP contribution in [0.4, 0.5) is 0 Å². The Morgan fingerprint density at radius 2 is 0.694 bits per heavy atom. The minimum Gasteiger partial charge on any atom is -0.466 e. The second-order valence-electron chi connectivity index (χ2n) is 15.2. The normalized spacial score (nSPS) is 11.6. The molecule has 49 heavy (non-hydrogen) atoms. The van der Waals surface area contributed by atoms with E-state index in [-0.39, 0.29) is 11.9 Å². The summed E-state index contributed by atoms with van der Waals surface area (Å²) in [5.74, 6) is 1.58. The van der Waals surface area contributed by atoms with Crippen LogP contribution in [0, 0.1) is 11.8 Å². The standard InChI is InChI=1S/C44H87NO4/c1-5-9-13-19-29-41(30-20-14-10-6-2)33-27-39-48-43(46)35-23-17-25-37-45-38-26-18-24-36-44(47)49-40-28-34-42(31-21-15-11-7-3)32-22-16-12-8-4/h41-42,45H,5-40H2,1-4H3. The number of carbonyl (C=O) groups excluding carboxylic acids is 2. The van der Waals surface area contributed by atoms with Gasteiger partial charge in [0.2, 0.25) is 0 Å². The van der Waals surface area contributed by atoms with Gasteiger partial charge in [-0.3, -0.25) is 9.59 Å². The number of esters is 2. The van der Waals surface area contributed by atoms with Gasteiger partial charge in [-0.25, -0.2) is 0 Å². The molecule has 0 spiro atoms. The number of carbonyl (C=O) groups is 2. The van der Waals surface area contributed by atoms with Crippen LogP contribution in [-0.2, 0) is 19.1 Å². The Bertz CT molecular complexity index is 604. The van der Waals surface area contributed by atoms with Crippen LogP contribution in [-0.4, -0.2) is 38.2 Å². The summed E-state index contributed by atoms with van der Waals surface area (Å²) in [6, 6.07) is 0. The van der Waals surface area contributed by atoms with E-state index < -0.39 is 0 Å². The molecule has 5 heteroatoms.